The second-order valence-electron chi connectivity index (χ2n) is 9.43. The molecule has 0 aliphatic rings. The Hall–Kier alpha value is -4.25. The Labute approximate surface area is 226 Å². The van der Waals surface area contributed by atoms with E-state index in [0.717, 1.165) is 27.5 Å². The topological polar surface area (TPSA) is 79.2 Å². The Morgan fingerprint density at radius 3 is 2.23 bits per heavy atom. The SMILES string of the molecule is CC(C)Oc1cccc(-c2cn(Cc3c(F)cccc3C(F)(F)F)c(=O)n(C[C@H](N)c3ccccc3)c2=O)c1F. The smallest absolute Gasteiger partial charge is 0.416 e. The standard InChI is InChI=1S/C29H26F5N3O3/c1-17(2)40-25-13-6-10-19(26(25)31)20-14-36(15-21-22(29(32,33)34)11-7-12-23(21)30)28(39)37(27(20)38)16-24(35)18-8-4-3-5-9-18/h3-14,17,24H,15-16,35H2,1-2H3/t24-/m0/s1. The van der Waals surface area contributed by atoms with Crippen LogP contribution in [0.4, 0.5) is 22.0 Å². The van der Waals surface area contributed by atoms with Crippen molar-refractivity contribution >= 4 is 0 Å². The van der Waals surface area contributed by atoms with Crippen LogP contribution in [0.25, 0.3) is 11.1 Å². The molecule has 0 spiro atoms. The molecular weight excluding hydrogens is 533 g/mol. The van der Waals surface area contributed by atoms with Gasteiger partial charge in [0.1, 0.15) is 5.82 Å². The Morgan fingerprint density at radius 2 is 1.57 bits per heavy atom. The first-order valence-electron chi connectivity index (χ1n) is 12.3. The zero-order chi connectivity index (χ0) is 29.2. The van der Waals surface area contributed by atoms with Crippen molar-refractivity contribution in [2.75, 3.05) is 0 Å². The van der Waals surface area contributed by atoms with Crippen molar-refractivity contribution in [2.24, 2.45) is 5.73 Å². The lowest BCUT2D eigenvalue weighted by atomic mass is 10.0. The van der Waals surface area contributed by atoms with E-state index in [-0.39, 0.29) is 23.4 Å². The van der Waals surface area contributed by atoms with E-state index in [1.54, 1.807) is 44.2 Å². The zero-order valence-electron chi connectivity index (χ0n) is 21.6. The maximum Gasteiger partial charge on any atom is 0.416 e. The van der Waals surface area contributed by atoms with Gasteiger partial charge in [-0.15, -0.1) is 0 Å². The van der Waals surface area contributed by atoms with Crippen molar-refractivity contribution in [2.45, 2.75) is 45.3 Å². The predicted molar refractivity (Wildman–Crippen MR) is 140 cm³/mol. The summed E-state index contributed by atoms with van der Waals surface area (Å²) in [5.41, 5.74) is 2.22. The van der Waals surface area contributed by atoms with E-state index in [2.05, 4.69) is 0 Å². The Kier molecular flexibility index (Phi) is 8.24. The highest BCUT2D eigenvalue weighted by molar-refractivity contribution is 5.64. The Morgan fingerprint density at radius 1 is 0.900 bits per heavy atom. The molecule has 1 heterocycles. The monoisotopic (exact) mass is 559 g/mol. The van der Waals surface area contributed by atoms with Gasteiger partial charge in [0, 0.05) is 23.4 Å². The maximum absolute atomic E-state index is 15.5. The molecule has 1 atom stereocenters. The van der Waals surface area contributed by atoms with Crippen LogP contribution < -0.4 is 21.7 Å². The summed E-state index contributed by atoms with van der Waals surface area (Å²) in [7, 11) is 0. The molecule has 0 aliphatic carbocycles. The maximum atomic E-state index is 15.5. The quantitative estimate of drug-likeness (QED) is 0.289. The third-order valence-corrected chi connectivity index (χ3v) is 6.21. The lowest BCUT2D eigenvalue weighted by Crippen LogP contribution is -2.43. The summed E-state index contributed by atoms with van der Waals surface area (Å²) in [5, 5.41) is 0. The Bertz CT molecular complexity index is 1630. The zero-order valence-corrected chi connectivity index (χ0v) is 21.6. The molecule has 0 fully saturated rings. The van der Waals surface area contributed by atoms with Crippen molar-refractivity contribution in [3.05, 3.63) is 122 Å². The average Bonchev–Trinajstić information content (AvgIpc) is 2.90. The van der Waals surface area contributed by atoms with Gasteiger partial charge in [-0.3, -0.25) is 13.9 Å². The summed E-state index contributed by atoms with van der Waals surface area (Å²) in [4.78, 5) is 27.0. The number of hydrogen-bond acceptors (Lipinski definition) is 4. The molecule has 210 valence electrons. The first-order chi connectivity index (χ1) is 18.9. The minimum Gasteiger partial charge on any atom is -0.488 e. The summed E-state index contributed by atoms with van der Waals surface area (Å²) in [5.74, 6) is -2.26. The molecule has 0 saturated carbocycles. The normalized spacial score (nSPS) is 12.5. The minimum absolute atomic E-state index is 0.161. The highest BCUT2D eigenvalue weighted by Gasteiger charge is 2.34. The molecule has 0 saturated heterocycles. The highest BCUT2D eigenvalue weighted by atomic mass is 19.4. The molecule has 2 N–H and O–H groups in total. The third-order valence-electron chi connectivity index (χ3n) is 6.21. The van der Waals surface area contributed by atoms with Crippen LogP contribution in [0.15, 0.2) is 82.5 Å². The van der Waals surface area contributed by atoms with Crippen LogP contribution in [-0.4, -0.2) is 15.2 Å². The molecule has 0 unspecified atom stereocenters. The summed E-state index contributed by atoms with van der Waals surface area (Å²) in [6.07, 6.45) is -4.39. The molecule has 4 aromatic rings. The van der Waals surface area contributed by atoms with Crippen LogP contribution in [0.1, 0.15) is 36.6 Å². The van der Waals surface area contributed by atoms with Gasteiger partial charge in [-0.25, -0.2) is 13.6 Å². The number of benzene rings is 3. The molecule has 4 rings (SSSR count). The minimum atomic E-state index is -4.91. The van der Waals surface area contributed by atoms with Crippen molar-refractivity contribution < 1.29 is 26.7 Å². The van der Waals surface area contributed by atoms with Gasteiger partial charge in [0.25, 0.3) is 5.56 Å². The number of aromatic nitrogens is 2. The van der Waals surface area contributed by atoms with Crippen LogP contribution in [0.5, 0.6) is 5.75 Å². The van der Waals surface area contributed by atoms with Gasteiger partial charge in [-0.2, -0.15) is 13.2 Å². The van der Waals surface area contributed by atoms with E-state index in [1.807, 2.05) is 0 Å². The molecule has 1 aromatic heterocycles. The third kappa shape index (κ3) is 5.99. The second kappa shape index (κ2) is 11.5. The van der Waals surface area contributed by atoms with Crippen LogP contribution >= 0.6 is 0 Å². The van der Waals surface area contributed by atoms with Crippen molar-refractivity contribution in [1.82, 2.24) is 9.13 Å². The average molecular weight is 560 g/mol. The fourth-order valence-electron chi connectivity index (χ4n) is 4.33. The van der Waals surface area contributed by atoms with Gasteiger partial charge in [-0.05, 0) is 37.6 Å². The van der Waals surface area contributed by atoms with Gasteiger partial charge in [0.05, 0.1) is 30.3 Å². The fourth-order valence-corrected chi connectivity index (χ4v) is 4.33. The van der Waals surface area contributed by atoms with Gasteiger partial charge >= 0.3 is 11.9 Å². The fraction of sp³-hybridized carbons (Fsp3) is 0.241. The van der Waals surface area contributed by atoms with Gasteiger partial charge in [0.2, 0.25) is 0 Å². The van der Waals surface area contributed by atoms with Crippen LogP contribution in [-0.2, 0) is 19.3 Å². The molecule has 0 bridgehead atoms. The van der Waals surface area contributed by atoms with E-state index >= 15 is 4.39 Å². The lowest BCUT2D eigenvalue weighted by Gasteiger charge is -2.19. The van der Waals surface area contributed by atoms with E-state index in [0.29, 0.717) is 11.6 Å². The van der Waals surface area contributed by atoms with Crippen LogP contribution in [0, 0.1) is 11.6 Å². The number of rotatable bonds is 8. The molecule has 0 amide bonds. The number of ether oxygens (including phenoxy) is 1. The van der Waals surface area contributed by atoms with Crippen molar-refractivity contribution in [3.8, 4) is 16.9 Å². The summed E-state index contributed by atoms with van der Waals surface area (Å²) in [6.45, 7) is 2.11. The number of halogens is 5. The van der Waals surface area contributed by atoms with Crippen molar-refractivity contribution in [1.29, 1.82) is 0 Å². The summed E-state index contributed by atoms with van der Waals surface area (Å²) < 4.78 is 78.2. The molecular formula is C29H26F5N3O3. The number of nitrogens with two attached hydrogens (primary N) is 1. The first-order valence-corrected chi connectivity index (χ1v) is 12.3. The second-order valence-corrected chi connectivity index (χ2v) is 9.43. The van der Waals surface area contributed by atoms with Crippen LogP contribution in [0.3, 0.4) is 0 Å². The largest absolute Gasteiger partial charge is 0.488 e. The Balaban J connectivity index is 1.94. The van der Waals surface area contributed by atoms with Crippen molar-refractivity contribution in [3.63, 3.8) is 0 Å². The van der Waals surface area contributed by atoms with E-state index in [1.165, 1.54) is 18.2 Å². The predicted octanol–water partition coefficient (Wildman–Crippen LogP) is 5.51. The summed E-state index contributed by atoms with van der Waals surface area (Å²) in [6, 6.07) is 14.2. The first kappa shape index (κ1) is 28.8. The molecule has 40 heavy (non-hydrogen) atoms. The number of alkyl halides is 3. The highest BCUT2D eigenvalue weighted by Crippen LogP contribution is 2.34. The molecule has 11 heteroatoms. The van der Waals surface area contributed by atoms with Gasteiger partial charge in [0.15, 0.2) is 11.6 Å². The van der Waals surface area contributed by atoms with E-state index in [4.69, 9.17) is 10.5 Å². The molecule has 0 radical (unpaired) electrons. The lowest BCUT2D eigenvalue weighted by molar-refractivity contribution is -0.138. The molecule has 6 nitrogen and oxygen atoms in total. The molecule has 0 aliphatic heterocycles. The van der Waals surface area contributed by atoms with E-state index in [9.17, 15) is 27.2 Å². The number of hydrogen-bond donors (Lipinski definition) is 1. The van der Waals surface area contributed by atoms with Gasteiger partial charge < -0.3 is 10.5 Å². The van der Waals surface area contributed by atoms with Gasteiger partial charge in [-0.1, -0.05) is 48.5 Å². The van der Waals surface area contributed by atoms with Crippen LogP contribution in [0.2, 0.25) is 0 Å². The summed E-state index contributed by atoms with van der Waals surface area (Å²) >= 11 is 0. The van der Waals surface area contributed by atoms with E-state index < -0.39 is 58.9 Å². The number of nitrogens with zero attached hydrogens (tertiary/aromatic N) is 2. The molecule has 3 aromatic carbocycles.